The first kappa shape index (κ1) is 25.4. The van der Waals surface area contributed by atoms with Crippen LogP contribution in [0.15, 0.2) is 4.99 Å². The summed E-state index contributed by atoms with van der Waals surface area (Å²) in [6.07, 6.45) is 4.80. The monoisotopic (exact) mass is 483 g/mol. The van der Waals surface area contributed by atoms with Gasteiger partial charge in [-0.1, -0.05) is 26.2 Å². The van der Waals surface area contributed by atoms with Gasteiger partial charge in [0.1, 0.15) is 6.54 Å². The number of hydrogen-bond donors (Lipinski definition) is 2. The van der Waals surface area contributed by atoms with Crippen molar-refractivity contribution in [2.24, 2.45) is 4.99 Å². The first-order valence-corrected chi connectivity index (χ1v) is 9.58. The number of aliphatic imine (C=N–C) groups is 1. The van der Waals surface area contributed by atoms with Crippen LogP contribution in [0.5, 0.6) is 0 Å². The fourth-order valence-corrected chi connectivity index (χ4v) is 2.60. The Labute approximate surface area is 176 Å². The molecule has 1 atom stereocenters. The molecule has 1 unspecified atom stereocenters. The van der Waals surface area contributed by atoms with E-state index >= 15 is 0 Å². The smallest absolute Gasteiger partial charge is 0.243 e. The lowest BCUT2D eigenvalue weighted by Crippen LogP contribution is -2.47. The number of carbonyl (C=O) groups is 1. The van der Waals surface area contributed by atoms with Gasteiger partial charge in [0.05, 0.1) is 13.2 Å². The molecule has 1 aliphatic heterocycles. The predicted molar refractivity (Wildman–Crippen MR) is 118 cm³/mol. The van der Waals surface area contributed by atoms with E-state index in [9.17, 15) is 4.79 Å². The summed E-state index contributed by atoms with van der Waals surface area (Å²) in [7, 11) is 3.51. The van der Waals surface area contributed by atoms with Crippen LogP contribution in [0.2, 0.25) is 0 Å². The third-order valence-corrected chi connectivity index (χ3v) is 4.32. The van der Waals surface area contributed by atoms with Gasteiger partial charge in [0.15, 0.2) is 5.96 Å². The highest BCUT2D eigenvalue weighted by molar-refractivity contribution is 14.0. The molecule has 1 rings (SSSR count). The second-order valence-corrected chi connectivity index (χ2v) is 6.87. The van der Waals surface area contributed by atoms with Gasteiger partial charge in [0.2, 0.25) is 5.91 Å². The van der Waals surface area contributed by atoms with E-state index in [1.807, 2.05) is 0 Å². The largest absolute Gasteiger partial charge is 0.379 e. The van der Waals surface area contributed by atoms with Crippen molar-refractivity contribution in [3.8, 4) is 0 Å². The Morgan fingerprint density at radius 1 is 1.27 bits per heavy atom. The van der Waals surface area contributed by atoms with Crippen molar-refractivity contribution in [1.82, 2.24) is 20.4 Å². The molecule has 0 radical (unpaired) electrons. The number of amides is 1. The molecule has 1 fully saturated rings. The minimum absolute atomic E-state index is 0. The second kappa shape index (κ2) is 15.4. The number of nitrogens with one attached hydrogen (secondary N) is 2. The molecule has 0 bridgehead atoms. The zero-order valence-corrected chi connectivity index (χ0v) is 19.3. The molecule has 0 aromatic heterocycles. The normalized spacial score (nSPS) is 16.5. The van der Waals surface area contributed by atoms with Crippen molar-refractivity contribution in [2.45, 2.75) is 45.6 Å². The average Bonchev–Trinajstić information content (AvgIpc) is 2.60. The number of likely N-dealkylation sites (N-methyl/N-ethyl adjacent to an activating group) is 1. The lowest BCUT2D eigenvalue weighted by molar-refractivity contribution is -0.127. The highest BCUT2D eigenvalue weighted by Crippen LogP contribution is 2.02. The molecule has 0 saturated carbocycles. The lowest BCUT2D eigenvalue weighted by Gasteiger charge is -2.27. The van der Waals surface area contributed by atoms with Gasteiger partial charge in [-0.2, -0.15) is 0 Å². The van der Waals surface area contributed by atoms with Crippen LogP contribution in [0.4, 0.5) is 0 Å². The number of rotatable bonds is 10. The van der Waals surface area contributed by atoms with E-state index in [0.717, 1.165) is 51.8 Å². The Hall–Kier alpha value is -0.610. The van der Waals surface area contributed by atoms with Crippen molar-refractivity contribution in [1.29, 1.82) is 0 Å². The summed E-state index contributed by atoms with van der Waals surface area (Å²) >= 11 is 0. The van der Waals surface area contributed by atoms with Crippen LogP contribution < -0.4 is 10.6 Å². The van der Waals surface area contributed by atoms with Crippen molar-refractivity contribution in [3.05, 3.63) is 0 Å². The molecule has 26 heavy (non-hydrogen) atoms. The fraction of sp³-hybridized carbons (Fsp3) is 0.889. The molecule has 0 aromatic carbocycles. The van der Waals surface area contributed by atoms with Gasteiger partial charge in [-0.15, -0.1) is 24.0 Å². The van der Waals surface area contributed by atoms with Gasteiger partial charge < -0.3 is 20.3 Å². The van der Waals surface area contributed by atoms with Gasteiger partial charge in [-0.3, -0.25) is 9.69 Å². The van der Waals surface area contributed by atoms with E-state index in [4.69, 9.17) is 4.74 Å². The number of carbonyl (C=O) groups excluding carboxylic acids is 1. The average molecular weight is 483 g/mol. The van der Waals surface area contributed by atoms with Gasteiger partial charge in [-0.25, -0.2) is 4.99 Å². The quantitative estimate of drug-likeness (QED) is 0.214. The molecule has 1 aliphatic rings. The third-order valence-electron chi connectivity index (χ3n) is 4.32. The Morgan fingerprint density at radius 2 is 1.96 bits per heavy atom. The van der Waals surface area contributed by atoms with Crippen molar-refractivity contribution >= 4 is 35.8 Å². The maximum atomic E-state index is 11.8. The maximum Gasteiger partial charge on any atom is 0.243 e. The molecule has 8 heteroatoms. The minimum atomic E-state index is 0. The molecule has 1 saturated heterocycles. The number of morpholine rings is 1. The zero-order chi connectivity index (χ0) is 18.5. The zero-order valence-electron chi connectivity index (χ0n) is 16.9. The van der Waals surface area contributed by atoms with E-state index in [1.54, 1.807) is 19.0 Å². The molecule has 0 spiro atoms. The highest BCUT2D eigenvalue weighted by atomic mass is 127. The van der Waals surface area contributed by atoms with Crippen LogP contribution in [0.3, 0.4) is 0 Å². The maximum absolute atomic E-state index is 11.8. The van der Waals surface area contributed by atoms with E-state index in [1.165, 1.54) is 19.3 Å². The first-order chi connectivity index (χ1) is 12.0. The summed E-state index contributed by atoms with van der Waals surface area (Å²) in [4.78, 5) is 20.2. The molecule has 0 aromatic rings. The minimum Gasteiger partial charge on any atom is -0.379 e. The Balaban J connectivity index is 0.00000625. The van der Waals surface area contributed by atoms with E-state index in [2.05, 4.69) is 34.4 Å². The number of unbranched alkanes of at least 4 members (excludes halogenated alkanes) is 2. The summed E-state index contributed by atoms with van der Waals surface area (Å²) in [6, 6.07) is 0.343. The molecular weight excluding hydrogens is 445 g/mol. The van der Waals surface area contributed by atoms with Crippen LogP contribution in [0.1, 0.15) is 39.5 Å². The number of halogens is 1. The number of guanidine groups is 1. The van der Waals surface area contributed by atoms with Crippen molar-refractivity contribution in [3.63, 3.8) is 0 Å². The van der Waals surface area contributed by atoms with E-state index in [0.29, 0.717) is 6.04 Å². The summed E-state index contributed by atoms with van der Waals surface area (Å²) < 4.78 is 5.37. The number of nitrogens with zero attached hydrogens (tertiary/aromatic N) is 3. The molecule has 7 nitrogen and oxygen atoms in total. The molecule has 1 amide bonds. The lowest BCUT2D eigenvalue weighted by atomic mass is 10.1. The first-order valence-electron chi connectivity index (χ1n) is 9.58. The summed E-state index contributed by atoms with van der Waals surface area (Å²) in [5, 5.41) is 6.80. The molecular formula is C18H38IN5O2. The van der Waals surface area contributed by atoms with E-state index < -0.39 is 0 Å². The molecule has 1 heterocycles. The Kier molecular flexibility index (Phi) is 15.1. The van der Waals surface area contributed by atoms with Crippen LogP contribution in [0.25, 0.3) is 0 Å². The summed E-state index contributed by atoms with van der Waals surface area (Å²) in [5.41, 5.74) is 0. The summed E-state index contributed by atoms with van der Waals surface area (Å²) in [5.74, 6) is 0.736. The Morgan fingerprint density at radius 3 is 2.58 bits per heavy atom. The van der Waals surface area contributed by atoms with Gasteiger partial charge in [0, 0.05) is 46.3 Å². The predicted octanol–water partition coefficient (Wildman–Crippen LogP) is 1.53. The van der Waals surface area contributed by atoms with Gasteiger partial charge in [0.25, 0.3) is 0 Å². The molecule has 2 N–H and O–H groups in total. The van der Waals surface area contributed by atoms with Crippen LogP contribution in [-0.4, -0.2) is 87.7 Å². The standard InChI is InChI=1S/C18H37N5O2.HI/c1-5-6-7-8-16(2)21-18(20-15-17(24)22(3)4)19-9-10-23-11-13-25-14-12-23;/h16H,5-15H2,1-4H3,(H2,19,20,21);1H. The van der Waals surface area contributed by atoms with Gasteiger partial charge in [-0.05, 0) is 13.3 Å². The van der Waals surface area contributed by atoms with Crippen LogP contribution in [-0.2, 0) is 9.53 Å². The van der Waals surface area contributed by atoms with E-state index in [-0.39, 0.29) is 36.4 Å². The Bertz CT molecular complexity index is 401. The second-order valence-electron chi connectivity index (χ2n) is 6.87. The van der Waals surface area contributed by atoms with Gasteiger partial charge >= 0.3 is 0 Å². The third kappa shape index (κ3) is 11.9. The topological polar surface area (TPSA) is 69.2 Å². The van der Waals surface area contributed by atoms with Crippen LogP contribution in [0, 0.1) is 0 Å². The molecule has 154 valence electrons. The van der Waals surface area contributed by atoms with Crippen LogP contribution >= 0.6 is 24.0 Å². The SMILES string of the molecule is CCCCCC(C)NC(=NCC(=O)N(C)C)NCCN1CCOCC1.I. The number of ether oxygens (including phenoxy) is 1. The van der Waals surface area contributed by atoms with Crippen molar-refractivity contribution < 1.29 is 9.53 Å². The summed E-state index contributed by atoms with van der Waals surface area (Å²) in [6.45, 7) is 9.90. The number of hydrogen-bond acceptors (Lipinski definition) is 4. The molecule has 0 aliphatic carbocycles. The van der Waals surface area contributed by atoms with Crippen molar-refractivity contribution in [2.75, 3.05) is 60.0 Å². The fourth-order valence-electron chi connectivity index (χ4n) is 2.60. The highest BCUT2D eigenvalue weighted by Gasteiger charge is 2.11.